The molecule has 0 bridgehead atoms. The molecule has 1 aliphatic heterocycles. The maximum atomic E-state index is 12.8. The molecule has 1 aromatic carbocycles. The molecule has 25 heavy (non-hydrogen) atoms. The number of hydrogen-bond acceptors (Lipinski definition) is 4. The van der Waals surface area contributed by atoms with E-state index in [1.807, 2.05) is 13.0 Å². The lowest BCUT2D eigenvalue weighted by Gasteiger charge is -2.29. The fourth-order valence-electron chi connectivity index (χ4n) is 2.81. The zero-order valence-corrected chi connectivity index (χ0v) is 15.3. The number of carbonyl (C=O) groups excluding carboxylic acids is 1. The lowest BCUT2D eigenvalue weighted by atomic mass is 10.1. The van der Waals surface area contributed by atoms with Crippen molar-refractivity contribution in [2.45, 2.75) is 13.0 Å². The van der Waals surface area contributed by atoms with E-state index in [2.05, 4.69) is 15.2 Å². The molecule has 2 heterocycles. The maximum Gasteiger partial charge on any atom is 0.255 e. The van der Waals surface area contributed by atoms with Gasteiger partial charge in [0.1, 0.15) is 5.82 Å². The number of rotatable bonds is 4. The van der Waals surface area contributed by atoms with Crippen molar-refractivity contribution in [3.05, 3.63) is 57.7 Å². The predicted octanol–water partition coefficient (Wildman–Crippen LogP) is 3.72. The molecular formula is C18H19Cl2N3O2. The molecule has 0 saturated carbocycles. The van der Waals surface area contributed by atoms with E-state index in [-0.39, 0.29) is 11.9 Å². The smallest absolute Gasteiger partial charge is 0.255 e. The summed E-state index contributed by atoms with van der Waals surface area (Å²) in [5.74, 6) is 0.491. The van der Waals surface area contributed by atoms with Gasteiger partial charge in [0.15, 0.2) is 0 Å². The summed E-state index contributed by atoms with van der Waals surface area (Å²) in [7, 11) is 0. The largest absolute Gasteiger partial charge is 0.378 e. The third-order valence-electron chi connectivity index (χ3n) is 4.12. The number of hydrogen-bond donors (Lipinski definition) is 1. The van der Waals surface area contributed by atoms with E-state index in [1.54, 1.807) is 30.5 Å². The average Bonchev–Trinajstić information content (AvgIpc) is 2.62. The highest BCUT2D eigenvalue weighted by atomic mass is 35.5. The number of halogens is 2. The van der Waals surface area contributed by atoms with Crippen molar-refractivity contribution in [2.75, 3.05) is 31.2 Å². The number of anilines is 1. The Morgan fingerprint density at radius 3 is 2.76 bits per heavy atom. The van der Waals surface area contributed by atoms with E-state index in [0.29, 0.717) is 34.6 Å². The van der Waals surface area contributed by atoms with Gasteiger partial charge in [0.25, 0.3) is 5.91 Å². The molecule has 1 N–H and O–H groups in total. The summed E-state index contributed by atoms with van der Waals surface area (Å²) >= 11 is 12.2. The second-order valence-corrected chi connectivity index (χ2v) is 6.68. The van der Waals surface area contributed by atoms with Crippen LogP contribution in [0, 0.1) is 0 Å². The third kappa shape index (κ3) is 4.24. The van der Waals surface area contributed by atoms with Gasteiger partial charge in [0.2, 0.25) is 0 Å². The van der Waals surface area contributed by atoms with Crippen LogP contribution in [0.15, 0.2) is 36.5 Å². The van der Waals surface area contributed by atoms with Crippen molar-refractivity contribution in [1.29, 1.82) is 0 Å². The number of carbonyl (C=O) groups is 1. The predicted molar refractivity (Wildman–Crippen MR) is 99.6 cm³/mol. The topological polar surface area (TPSA) is 54.5 Å². The molecule has 0 spiro atoms. The highest BCUT2D eigenvalue weighted by Crippen LogP contribution is 2.27. The number of amides is 1. The van der Waals surface area contributed by atoms with Gasteiger partial charge in [0, 0.05) is 29.3 Å². The number of pyridine rings is 1. The summed E-state index contributed by atoms with van der Waals surface area (Å²) in [6, 6.07) is 8.54. The lowest BCUT2D eigenvalue weighted by molar-refractivity contribution is 0.0938. The summed E-state index contributed by atoms with van der Waals surface area (Å²) in [5.41, 5.74) is 1.36. The van der Waals surface area contributed by atoms with Gasteiger partial charge in [-0.15, -0.1) is 0 Å². The molecule has 1 aromatic heterocycles. The number of ether oxygens (including phenoxy) is 1. The molecule has 5 nitrogen and oxygen atoms in total. The zero-order chi connectivity index (χ0) is 17.8. The first kappa shape index (κ1) is 18.0. The van der Waals surface area contributed by atoms with Crippen LogP contribution in [0.2, 0.25) is 10.0 Å². The van der Waals surface area contributed by atoms with E-state index in [9.17, 15) is 4.79 Å². The molecule has 1 aliphatic rings. The fraction of sp³-hybridized carbons (Fsp3) is 0.333. The molecule has 1 saturated heterocycles. The number of aromatic nitrogens is 1. The quantitative estimate of drug-likeness (QED) is 0.879. The highest BCUT2D eigenvalue weighted by molar-refractivity contribution is 6.35. The van der Waals surface area contributed by atoms with Crippen molar-refractivity contribution >= 4 is 34.9 Å². The van der Waals surface area contributed by atoms with E-state index >= 15 is 0 Å². The molecule has 2 aromatic rings. The monoisotopic (exact) mass is 379 g/mol. The van der Waals surface area contributed by atoms with Crippen molar-refractivity contribution in [3.8, 4) is 0 Å². The van der Waals surface area contributed by atoms with Gasteiger partial charge in [0.05, 0.1) is 24.8 Å². The van der Waals surface area contributed by atoms with Crippen LogP contribution < -0.4 is 10.2 Å². The summed E-state index contributed by atoms with van der Waals surface area (Å²) in [6.07, 6.45) is 1.70. The summed E-state index contributed by atoms with van der Waals surface area (Å²) in [5, 5.41) is 4.08. The molecule has 7 heteroatoms. The Morgan fingerprint density at radius 1 is 1.28 bits per heavy atom. The Hall–Kier alpha value is -1.82. The first-order valence-corrected chi connectivity index (χ1v) is 8.85. The van der Waals surface area contributed by atoms with E-state index in [1.165, 1.54) is 0 Å². The lowest BCUT2D eigenvalue weighted by Crippen LogP contribution is -2.38. The molecule has 1 unspecified atom stereocenters. The van der Waals surface area contributed by atoms with Crippen LogP contribution in [0.1, 0.15) is 28.9 Å². The molecular weight excluding hydrogens is 361 g/mol. The van der Waals surface area contributed by atoms with Gasteiger partial charge in [-0.3, -0.25) is 4.79 Å². The summed E-state index contributed by atoms with van der Waals surface area (Å²) in [6.45, 7) is 4.59. The van der Waals surface area contributed by atoms with Crippen molar-refractivity contribution in [2.24, 2.45) is 0 Å². The van der Waals surface area contributed by atoms with Crippen molar-refractivity contribution in [3.63, 3.8) is 0 Å². The van der Waals surface area contributed by atoms with Crippen LogP contribution in [-0.4, -0.2) is 37.2 Å². The van der Waals surface area contributed by atoms with Crippen LogP contribution in [0.25, 0.3) is 0 Å². The van der Waals surface area contributed by atoms with Crippen LogP contribution in [0.4, 0.5) is 5.82 Å². The number of nitrogens with one attached hydrogen (secondary N) is 1. The Labute approximate surface area is 156 Å². The van der Waals surface area contributed by atoms with E-state index < -0.39 is 0 Å². The zero-order valence-electron chi connectivity index (χ0n) is 13.8. The summed E-state index contributed by atoms with van der Waals surface area (Å²) < 4.78 is 5.37. The number of morpholine rings is 1. The van der Waals surface area contributed by atoms with Gasteiger partial charge >= 0.3 is 0 Å². The van der Waals surface area contributed by atoms with Crippen LogP contribution in [-0.2, 0) is 4.74 Å². The Morgan fingerprint density at radius 2 is 2.04 bits per heavy atom. The number of nitrogens with zero attached hydrogens (tertiary/aromatic N) is 2. The molecule has 1 atom stereocenters. The van der Waals surface area contributed by atoms with Crippen molar-refractivity contribution in [1.82, 2.24) is 10.3 Å². The Balaban J connectivity index is 1.79. The van der Waals surface area contributed by atoms with Gasteiger partial charge in [-0.25, -0.2) is 4.98 Å². The first-order valence-electron chi connectivity index (χ1n) is 8.10. The van der Waals surface area contributed by atoms with Gasteiger partial charge < -0.3 is 15.0 Å². The average molecular weight is 380 g/mol. The standard InChI is InChI=1S/C18H19Cl2N3O2/c1-12(14-5-4-13(19)11-16(14)20)22-18(24)15-3-2-6-21-17(15)23-7-9-25-10-8-23/h2-6,11-12H,7-10H2,1H3,(H,22,24). The van der Waals surface area contributed by atoms with Gasteiger partial charge in [-0.1, -0.05) is 29.3 Å². The molecule has 1 fully saturated rings. The van der Waals surface area contributed by atoms with E-state index in [0.717, 1.165) is 18.7 Å². The Kier molecular flexibility index (Phi) is 5.78. The molecule has 0 aliphatic carbocycles. The van der Waals surface area contributed by atoms with Gasteiger partial charge in [-0.2, -0.15) is 0 Å². The second-order valence-electron chi connectivity index (χ2n) is 5.83. The molecule has 132 valence electrons. The molecule has 0 radical (unpaired) electrons. The molecule has 3 rings (SSSR count). The number of benzene rings is 1. The fourth-order valence-corrected chi connectivity index (χ4v) is 3.38. The normalized spacial score (nSPS) is 15.7. The summed E-state index contributed by atoms with van der Waals surface area (Å²) in [4.78, 5) is 19.3. The van der Waals surface area contributed by atoms with Crippen LogP contribution >= 0.6 is 23.2 Å². The maximum absolute atomic E-state index is 12.8. The minimum Gasteiger partial charge on any atom is -0.378 e. The minimum atomic E-state index is -0.255. The van der Waals surface area contributed by atoms with Gasteiger partial charge in [-0.05, 0) is 36.8 Å². The first-order chi connectivity index (χ1) is 12.1. The second kappa shape index (κ2) is 8.04. The Bertz CT molecular complexity index is 764. The molecule has 1 amide bonds. The van der Waals surface area contributed by atoms with Crippen molar-refractivity contribution < 1.29 is 9.53 Å². The third-order valence-corrected chi connectivity index (χ3v) is 4.68. The van der Waals surface area contributed by atoms with Crippen LogP contribution in [0.5, 0.6) is 0 Å². The SMILES string of the molecule is CC(NC(=O)c1cccnc1N1CCOCC1)c1ccc(Cl)cc1Cl. The highest BCUT2D eigenvalue weighted by Gasteiger charge is 2.21. The van der Waals surface area contributed by atoms with E-state index in [4.69, 9.17) is 27.9 Å². The van der Waals surface area contributed by atoms with Crippen LogP contribution in [0.3, 0.4) is 0 Å². The minimum absolute atomic E-state index is 0.187.